The van der Waals surface area contributed by atoms with Crippen molar-refractivity contribution in [3.63, 3.8) is 0 Å². The second-order valence-electron chi connectivity index (χ2n) is 6.24. The van der Waals surface area contributed by atoms with Crippen molar-refractivity contribution in [3.05, 3.63) is 33.8 Å². The predicted molar refractivity (Wildman–Crippen MR) is 83.3 cm³/mol. The lowest BCUT2D eigenvalue weighted by atomic mass is 9.71. The maximum absolute atomic E-state index is 10.7. The van der Waals surface area contributed by atoms with E-state index in [1.54, 1.807) is 0 Å². The maximum atomic E-state index is 10.7. The number of rotatable bonds is 2. The van der Waals surface area contributed by atoms with E-state index in [-0.39, 0.29) is 0 Å². The number of nitrogens with zero attached hydrogens (tertiary/aromatic N) is 1. The molecule has 0 bridgehead atoms. The molecule has 2 unspecified atom stereocenters. The number of hydrogen-bond acceptors (Lipinski definition) is 2. The molecule has 1 aliphatic carbocycles. The Morgan fingerprint density at radius 3 is 2.95 bits per heavy atom. The molecule has 0 radical (unpaired) electrons. The van der Waals surface area contributed by atoms with E-state index < -0.39 is 5.60 Å². The highest BCUT2D eigenvalue weighted by Crippen LogP contribution is 2.40. The minimum Gasteiger partial charge on any atom is -0.390 e. The molecular weight excluding hydrogens is 293 g/mol. The maximum Gasteiger partial charge on any atom is 0.0700 e. The van der Waals surface area contributed by atoms with Gasteiger partial charge in [-0.25, -0.2) is 0 Å². The van der Waals surface area contributed by atoms with Crippen LogP contribution in [0.1, 0.15) is 37.7 Å². The summed E-state index contributed by atoms with van der Waals surface area (Å²) in [4.78, 5) is 2.40. The van der Waals surface area contributed by atoms with Gasteiger partial charge in [0.05, 0.1) is 15.6 Å². The smallest absolute Gasteiger partial charge is 0.0700 e. The molecular formula is C16H21Cl2NO. The van der Waals surface area contributed by atoms with Crippen LogP contribution in [0, 0.1) is 5.92 Å². The van der Waals surface area contributed by atoms with Gasteiger partial charge >= 0.3 is 0 Å². The van der Waals surface area contributed by atoms with Gasteiger partial charge in [0.25, 0.3) is 0 Å². The average Bonchev–Trinajstić information content (AvgIpc) is 2.44. The molecule has 1 aliphatic heterocycles. The van der Waals surface area contributed by atoms with Gasteiger partial charge in [0, 0.05) is 25.6 Å². The Morgan fingerprint density at radius 2 is 2.10 bits per heavy atom. The molecule has 0 spiro atoms. The molecule has 1 N–H and O–H groups in total. The average molecular weight is 314 g/mol. The SMILES string of the molecule is OC12CCCCC1CN(Cc1cccc(Cl)c1Cl)CC2. The molecule has 4 heteroatoms. The molecule has 0 aromatic heterocycles. The summed E-state index contributed by atoms with van der Waals surface area (Å²) in [5.41, 5.74) is 0.674. The first-order valence-electron chi connectivity index (χ1n) is 7.46. The lowest BCUT2D eigenvalue weighted by molar-refractivity contribution is -0.0967. The predicted octanol–water partition coefficient (Wildman–Crippen LogP) is 4.12. The first-order valence-corrected chi connectivity index (χ1v) is 8.22. The first-order chi connectivity index (χ1) is 9.58. The minimum atomic E-state index is -0.410. The summed E-state index contributed by atoms with van der Waals surface area (Å²) < 4.78 is 0. The highest BCUT2D eigenvalue weighted by atomic mass is 35.5. The Bertz CT molecular complexity index is 493. The number of benzene rings is 1. The van der Waals surface area contributed by atoms with Gasteiger partial charge in [0.15, 0.2) is 0 Å². The van der Waals surface area contributed by atoms with Crippen molar-refractivity contribution in [1.82, 2.24) is 4.90 Å². The van der Waals surface area contributed by atoms with Gasteiger partial charge in [-0.3, -0.25) is 4.90 Å². The molecule has 1 heterocycles. The molecule has 1 saturated carbocycles. The second-order valence-corrected chi connectivity index (χ2v) is 7.03. The van der Waals surface area contributed by atoms with Gasteiger partial charge < -0.3 is 5.11 Å². The summed E-state index contributed by atoms with van der Waals surface area (Å²) in [7, 11) is 0. The van der Waals surface area contributed by atoms with Gasteiger partial charge in [-0.15, -0.1) is 0 Å². The van der Waals surface area contributed by atoms with Crippen molar-refractivity contribution in [2.75, 3.05) is 13.1 Å². The fourth-order valence-electron chi connectivity index (χ4n) is 3.69. The molecule has 20 heavy (non-hydrogen) atoms. The van der Waals surface area contributed by atoms with E-state index in [9.17, 15) is 5.11 Å². The van der Waals surface area contributed by atoms with E-state index in [2.05, 4.69) is 4.90 Å². The number of likely N-dealkylation sites (tertiary alicyclic amines) is 1. The molecule has 2 fully saturated rings. The molecule has 0 amide bonds. The van der Waals surface area contributed by atoms with Crippen LogP contribution in [0.2, 0.25) is 10.0 Å². The van der Waals surface area contributed by atoms with Crippen LogP contribution in [0.15, 0.2) is 18.2 Å². The number of hydrogen-bond donors (Lipinski definition) is 1. The summed E-state index contributed by atoms with van der Waals surface area (Å²) >= 11 is 12.3. The topological polar surface area (TPSA) is 23.5 Å². The lowest BCUT2D eigenvalue weighted by Gasteiger charge is -2.47. The van der Waals surface area contributed by atoms with Crippen LogP contribution in [0.25, 0.3) is 0 Å². The van der Waals surface area contributed by atoms with Gasteiger partial charge in [-0.1, -0.05) is 48.2 Å². The quantitative estimate of drug-likeness (QED) is 0.887. The first kappa shape index (κ1) is 14.6. The molecule has 1 saturated heterocycles. The van der Waals surface area contributed by atoms with Crippen LogP contribution < -0.4 is 0 Å². The monoisotopic (exact) mass is 313 g/mol. The number of halogens is 2. The Kier molecular flexibility index (Phi) is 4.28. The van der Waals surface area contributed by atoms with Gasteiger partial charge in [-0.2, -0.15) is 0 Å². The summed E-state index contributed by atoms with van der Waals surface area (Å²) in [6.45, 7) is 2.74. The van der Waals surface area contributed by atoms with Crippen molar-refractivity contribution >= 4 is 23.2 Å². The lowest BCUT2D eigenvalue weighted by Crippen LogP contribution is -2.52. The van der Waals surface area contributed by atoms with E-state index in [1.165, 1.54) is 12.8 Å². The fraction of sp³-hybridized carbons (Fsp3) is 0.625. The standard InChI is InChI=1S/C16H21Cl2NO/c17-14-6-3-4-12(15(14)18)10-19-9-8-16(20)7-2-1-5-13(16)11-19/h3-4,6,13,20H,1-2,5,7-11H2. The van der Waals surface area contributed by atoms with Crippen molar-refractivity contribution in [2.45, 2.75) is 44.2 Å². The molecule has 1 aromatic rings. The molecule has 3 rings (SSSR count). The molecule has 110 valence electrons. The van der Waals surface area contributed by atoms with E-state index in [4.69, 9.17) is 23.2 Å². The van der Waals surface area contributed by atoms with E-state index >= 15 is 0 Å². The summed E-state index contributed by atoms with van der Waals surface area (Å²) in [6, 6.07) is 5.81. The fourth-order valence-corrected chi connectivity index (χ4v) is 4.07. The Balaban J connectivity index is 1.69. The highest BCUT2D eigenvalue weighted by molar-refractivity contribution is 6.42. The van der Waals surface area contributed by atoms with Gasteiger partial charge in [-0.05, 0) is 30.9 Å². The van der Waals surface area contributed by atoms with E-state index in [0.29, 0.717) is 16.0 Å². The molecule has 2 nitrogen and oxygen atoms in total. The zero-order valence-electron chi connectivity index (χ0n) is 11.6. The normalized spacial score (nSPS) is 31.1. The number of fused-ring (bicyclic) bond motifs is 1. The zero-order chi connectivity index (χ0) is 14.2. The van der Waals surface area contributed by atoms with Crippen molar-refractivity contribution < 1.29 is 5.11 Å². The second kappa shape index (κ2) is 5.84. The largest absolute Gasteiger partial charge is 0.390 e. The Hall–Kier alpha value is -0.280. The Morgan fingerprint density at radius 1 is 1.25 bits per heavy atom. The summed E-state index contributed by atoms with van der Waals surface area (Å²) in [5, 5.41) is 12.0. The van der Waals surface area contributed by atoms with Crippen LogP contribution in [0.3, 0.4) is 0 Å². The van der Waals surface area contributed by atoms with Gasteiger partial charge in [0.2, 0.25) is 0 Å². The molecule has 2 atom stereocenters. The number of piperidine rings is 1. The van der Waals surface area contributed by atoms with E-state index in [1.807, 2.05) is 18.2 Å². The minimum absolute atomic E-state index is 0.410. The van der Waals surface area contributed by atoms with E-state index in [0.717, 1.165) is 44.5 Å². The molecule has 2 aliphatic rings. The van der Waals surface area contributed by atoms with Crippen LogP contribution in [0.4, 0.5) is 0 Å². The Labute approximate surface area is 130 Å². The third-order valence-corrected chi connectivity index (χ3v) is 5.80. The van der Waals surface area contributed by atoms with Crippen molar-refractivity contribution in [3.8, 4) is 0 Å². The zero-order valence-corrected chi connectivity index (χ0v) is 13.1. The third-order valence-electron chi connectivity index (χ3n) is 4.94. The van der Waals surface area contributed by atoms with Crippen LogP contribution in [-0.2, 0) is 6.54 Å². The van der Waals surface area contributed by atoms with Crippen molar-refractivity contribution in [2.24, 2.45) is 5.92 Å². The molecule has 1 aromatic carbocycles. The summed E-state index contributed by atoms with van der Waals surface area (Å²) in [5.74, 6) is 0.419. The third kappa shape index (κ3) is 2.85. The van der Waals surface area contributed by atoms with Gasteiger partial charge in [0.1, 0.15) is 0 Å². The van der Waals surface area contributed by atoms with Crippen LogP contribution in [-0.4, -0.2) is 28.7 Å². The number of aliphatic hydroxyl groups is 1. The summed E-state index contributed by atoms with van der Waals surface area (Å²) in [6.07, 6.45) is 5.43. The van der Waals surface area contributed by atoms with Crippen molar-refractivity contribution in [1.29, 1.82) is 0 Å². The van der Waals surface area contributed by atoms with Crippen LogP contribution >= 0.6 is 23.2 Å². The highest BCUT2D eigenvalue weighted by Gasteiger charge is 2.42. The van der Waals surface area contributed by atoms with Crippen LogP contribution in [0.5, 0.6) is 0 Å².